The summed E-state index contributed by atoms with van der Waals surface area (Å²) >= 11 is 0. The van der Waals surface area contributed by atoms with Crippen LogP contribution in [0.5, 0.6) is 0 Å². The van der Waals surface area contributed by atoms with Gasteiger partial charge in [-0.1, -0.05) is 271 Å². The van der Waals surface area contributed by atoms with Crippen LogP contribution in [0.2, 0.25) is 0 Å². The molecule has 0 aromatic rings. The molecular weight excluding hydrogens is 839 g/mol. The summed E-state index contributed by atoms with van der Waals surface area (Å²) in [6, 6.07) is 0. The van der Waals surface area contributed by atoms with Crippen LogP contribution in [0.4, 0.5) is 0 Å². The van der Waals surface area contributed by atoms with E-state index in [2.05, 4.69) is 13.8 Å². The Morgan fingerprint density at radius 2 is 0.672 bits per heavy atom. The molecule has 67 heavy (non-hydrogen) atoms. The number of esters is 2. The first-order valence-corrected chi connectivity index (χ1v) is 29.2. The molecule has 0 aliphatic rings. The predicted octanol–water partition coefficient (Wildman–Crippen LogP) is 16.8. The number of likely N-dealkylation sites (N-methyl/N-ethyl adjacent to an activating group) is 1. The number of carbonyl (C=O) groups excluding carboxylic acids is 2. The maximum absolute atomic E-state index is 12.7. The van der Waals surface area contributed by atoms with Gasteiger partial charge < -0.3 is 28.5 Å². The van der Waals surface area contributed by atoms with Crippen LogP contribution in [0.15, 0.2) is 0 Å². The SMILES string of the molecule is CCCCCCCCCCCCCCCCCCCCCCCCCCCCCCCCCCCCCCCC(=O)OC(COC(=O)CCCCCCC)COC(OCC[N+](C)(C)C)C(=O)O. The smallest absolute Gasteiger partial charge is 0.361 e. The Bertz CT molecular complexity index is 1060. The number of quaternary nitrogens is 1. The van der Waals surface area contributed by atoms with Gasteiger partial charge in [0.05, 0.1) is 34.4 Å². The highest BCUT2D eigenvalue weighted by atomic mass is 16.7. The second-order valence-corrected chi connectivity index (χ2v) is 21.3. The Morgan fingerprint density at radius 1 is 0.388 bits per heavy atom. The topological polar surface area (TPSA) is 108 Å². The zero-order valence-electron chi connectivity index (χ0n) is 45.3. The summed E-state index contributed by atoms with van der Waals surface area (Å²) < 4.78 is 22.6. The van der Waals surface area contributed by atoms with E-state index in [9.17, 15) is 19.5 Å². The van der Waals surface area contributed by atoms with E-state index in [1.807, 2.05) is 21.1 Å². The van der Waals surface area contributed by atoms with E-state index in [4.69, 9.17) is 18.9 Å². The van der Waals surface area contributed by atoms with Crippen LogP contribution in [0.1, 0.15) is 296 Å². The summed E-state index contributed by atoms with van der Waals surface area (Å²) in [6.07, 6.45) is 54.3. The lowest BCUT2D eigenvalue weighted by Crippen LogP contribution is -2.40. The molecule has 0 fully saturated rings. The number of carbonyl (C=O) groups is 3. The molecule has 0 aliphatic heterocycles. The molecule has 0 radical (unpaired) electrons. The first-order chi connectivity index (χ1) is 32.6. The Labute approximate surface area is 415 Å². The van der Waals surface area contributed by atoms with Crippen molar-refractivity contribution in [2.24, 2.45) is 0 Å². The third-order valence-corrected chi connectivity index (χ3v) is 13.4. The van der Waals surface area contributed by atoms with Crippen molar-refractivity contribution < 1.29 is 42.9 Å². The zero-order valence-corrected chi connectivity index (χ0v) is 45.3. The van der Waals surface area contributed by atoms with Crippen molar-refractivity contribution >= 4 is 17.9 Å². The molecule has 0 aliphatic carbocycles. The largest absolute Gasteiger partial charge is 0.477 e. The van der Waals surface area contributed by atoms with Crippen molar-refractivity contribution in [1.29, 1.82) is 0 Å². The summed E-state index contributed by atoms with van der Waals surface area (Å²) in [4.78, 5) is 36.9. The van der Waals surface area contributed by atoms with E-state index < -0.39 is 24.3 Å². The molecule has 0 spiro atoms. The molecular formula is C58H114NO8+. The van der Waals surface area contributed by atoms with E-state index in [1.54, 1.807) is 0 Å². The van der Waals surface area contributed by atoms with Crippen molar-refractivity contribution in [2.45, 2.75) is 309 Å². The second-order valence-electron chi connectivity index (χ2n) is 21.3. The van der Waals surface area contributed by atoms with Crippen LogP contribution in [0.25, 0.3) is 0 Å². The molecule has 9 heteroatoms. The number of ether oxygens (including phenoxy) is 4. The maximum atomic E-state index is 12.7. The van der Waals surface area contributed by atoms with Crippen LogP contribution in [-0.4, -0.2) is 87.4 Å². The standard InChI is InChI=1S/C58H113NO8/c1-6-8-10-12-13-14-15-16-17-18-19-20-21-22-23-24-25-26-27-28-29-30-31-32-33-34-35-36-37-38-39-40-41-42-43-45-47-49-56(61)67-54(52-65-55(60)48-46-44-11-9-7-2)53-66-58(57(62)63)64-51-50-59(3,4)5/h54,58H,6-53H2,1-5H3/p+1. The molecule has 0 amide bonds. The molecule has 0 aromatic heterocycles. The van der Waals surface area contributed by atoms with Crippen molar-refractivity contribution in [3.05, 3.63) is 0 Å². The molecule has 9 nitrogen and oxygen atoms in total. The van der Waals surface area contributed by atoms with Gasteiger partial charge in [0.2, 0.25) is 0 Å². The van der Waals surface area contributed by atoms with E-state index in [0.717, 1.165) is 51.4 Å². The molecule has 0 bridgehead atoms. The van der Waals surface area contributed by atoms with Crippen LogP contribution in [0.3, 0.4) is 0 Å². The van der Waals surface area contributed by atoms with E-state index >= 15 is 0 Å². The van der Waals surface area contributed by atoms with Gasteiger partial charge in [0.1, 0.15) is 13.2 Å². The van der Waals surface area contributed by atoms with Gasteiger partial charge in [-0.05, 0) is 12.8 Å². The molecule has 2 unspecified atom stereocenters. The second kappa shape index (κ2) is 50.7. The van der Waals surface area contributed by atoms with Crippen LogP contribution in [-0.2, 0) is 33.3 Å². The van der Waals surface area contributed by atoms with Crippen molar-refractivity contribution in [1.82, 2.24) is 0 Å². The van der Waals surface area contributed by atoms with E-state index in [-0.39, 0.29) is 32.2 Å². The van der Waals surface area contributed by atoms with Gasteiger partial charge in [-0.3, -0.25) is 9.59 Å². The Kier molecular flexibility index (Phi) is 49.4. The van der Waals surface area contributed by atoms with Gasteiger partial charge in [-0.2, -0.15) is 0 Å². The molecule has 0 aromatic carbocycles. The number of hydrogen-bond donors (Lipinski definition) is 1. The maximum Gasteiger partial charge on any atom is 0.361 e. The number of hydrogen-bond acceptors (Lipinski definition) is 7. The molecule has 0 rings (SSSR count). The van der Waals surface area contributed by atoms with Crippen molar-refractivity contribution in [3.8, 4) is 0 Å². The Hall–Kier alpha value is -1.71. The fourth-order valence-electron chi connectivity index (χ4n) is 8.84. The molecule has 398 valence electrons. The normalized spacial score (nSPS) is 12.7. The summed E-state index contributed by atoms with van der Waals surface area (Å²) in [5, 5.41) is 9.61. The average Bonchev–Trinajstić information content (AvgIpc) is 3.29. The van der Waals surface area contributed by atoms with Gasteiger partial charge >= 0.3 is 17.9 Å². The zero-order chi connectivity index (χ0) is 49.2. The Morgan fingerprint density at radius 3 is 0.955 bits per heavy atom. The quantitative estimate of drug-likeness (QED) is 0.0278. The number of aliphatic carboxylic acids is 1. The summed E-state index contributed by atoms with van der Waals surface area (Å²) in [5.41, 5.74) is 0. The third kappa shape index (κ3) is 52.0. The minimum atomic E-state index is -1.50. The van der Waals surface area contributed by atoms with Gasteiger partial charge in [0.15, 0.2) is 6.10 Å². The molecule has 1 N–H and O–H groups in total. The van der Waals surface area contributed by atoms with Gasteiger partial charge in [-0.15, -0.1) is 0 Å². The summed E-state index contributed by atoms with van der Waals surface area (Å²) in [6.45, 7) is 4.82. The lowest BCUT2D eigenvalue weighted by molar-refractivity contribution is -0.870. The lowest BCUT2D eigenvalue weighted by Gasteiger charge is -2.25. The van der Waals surface area contributed by atoms with E-state index in [0.29, 0.717) is 17.4 Å². The first-order valence-electron chi connectivity index (χ1n) is 29.2. The number of nitrogens with zero attached hydrogens (tertiary/aromatic N) is 1. The highest BCUT2D eigenvalue weighted by Crippen LogP contribution is 2.18. The Balaban J connectivity index is 3.74. The molecule has 2 atom stereocenters. The van der Waals surface area contributed by atoms with Crippen molar-refractivity contribution in [2.75, 3.05) is 47.5 Å². The number of carboxylic acids is 1. The molecule has 0 heterocycles. The first kappa shape index (κ1) is 65.3. The molecule has 0 saturated heterocycles. The van der Waals surface area contributed by atoms with Crippen LogP contribution >= 0.6 is 0 Å². The van der Waals surface area contributed by atoms with E-state index in [1.165, 1.54) is 218 Å². The minimum absolute atomic E-state index is 0.176. The monoisotopic (exact) mass is 953 g/mol. The highest BCUT2D eigenvalue weighted by Gasteiger charge is 2.25. The number of carboxylic acid groups (broad SMARTS) is 1. The van der Waals surface area contributed by atoms with Crippen LogP contribution in [0, 0.1) is 0 Å². The van der Waals surface area contributed by atoms with Crippen LogP contribution < -0.4 is 0 Å². The minimum Gasteiger partial charge on any atom is -0.477 e. The van der Waals surface area contributed by atoms with Gasteiger partial charge in [-0.25, -0.2) is 4.79 Å². The summed E-state index contributed by atoms with van der Waals surface area (Å²) in [5.74, 6) is -2.00. The average molecular weight is 954 g/mol. The number of unbranched alkanes of at least 4 members (excludes halogenated alkanes) is 40. The summed E-state index contributed by atoms with van der Waals surface area (Å²) in [7, 11) is 5.96. The predicted molar refractivity (Wildman–Crippen MR) is 282 cm³/mol. The van der Waals surface area contributed by atoms with Gasteiger partial charge in [0.25, 0.3) is 6.29 Å². The molecule has 0 saturated carbocycles. The highest BCUT2D eigenvalue weighted by molar-refractivity contribution is 5.71. The lowest BCUT2D eigenvalue weighted by atomic mass is 10.0. The number of rotatable bonds is 55. The van der Waals surface area contributed by atoms with Gasteiger partial charge in [0, 0.05) is 12.8 Å². The fourth-order valence-corrected chi connectivity index (χ4v) is 8.84. The fraction of sp³-hybridized carbons (Fsp3) is 0.948. The third-order valence-electron chi connectivity index (χ3n) is 13.4. The van der Waals surface area contributed by atoms with Crippen molar-refractivity contribution in [3.63, 3.8) is 0 Å².